The molecule has 1 aromatic rings. The standard InChI is InChI=1S/C15H23NO3/c1-15(2,3)11-7-10(9-16)14(18)12(8-11)13(17)5-6-19-4/h7-8,18H,5-6,9,16H2,1-4H3. The Balaban J connectivity index is 3.26. The number of carbonyl (C=O) groups is 1. The van der Waals surface area contributed by atoms with E-state index in [1.807, 2.05) is 6.07 Å². The molecule has 0 fully saturated rings. The van der Waals surface area contributed by atoms with Gasteiger partial charge < -0.3 is 15.6 Å². The largest absolute Gasteiger partial charge is 0.507 e. The van der Waals surface area contributed by atoms with E-state index in [0.29, 0.717) is 17.7 Å². The van der Waals surface area contributed by atoms with Gasteiger partial charge in [-0.2, -0.15) is 0 Å². The summed E-state index contributed by atoms with van der Waals surface area (Å²) in [5.74, 6) is -0.128. The average molecular weight is 265 g/mol. The third kappa shape index (κ3) is 3.78. The van der Waals surface area contributed by atoms with Gasteiger partial charge in [0.15, 0.2) is 5.78 Å². The molecule has 0 atom stereocenters. The zero-order valence-electron chi connectivity index (χ0n) is 12.1. The zero-order chi connectivity index (χ0) is 14.6. The highest BCUT2D eigenvalue weighted by Crippen LogP contribution is 2.31. The number of Topliss-reactive ketones (excluding diaryl/α,β-unsaturated/α-hetero) is 1. The van der Waals surface area contributed by atoms with Gasteiger partial charge in [0.05, 0.1) is 12.2 Å². The lowest BCUT2D eigenvalue weighted by molar-refractivity contribution is 0.0929. The van der Waals surface area contributed by atoms with Crippen molar-refractivity contribution in [2.24, 2.45) is 5.73 Å². The Morgan fingerprint density at radius 1 is 1.37 bits per heavy atom. The van der Waals surface area contributed by atoms with Crippen LogP contribution in [0.4, 0.5) is 0 Å². The molecule has 19 heavy (non-hydrogen) atoms. The van der Waals surface area contributed by atoms with Crippen LogP contribution < -0.4 is 5.73 Å². The number of ether oxygens (including phenoxy) is 1. The second-order valence-electron chi connectivity index (χ2n) is 5.65. The van der Waals surface area contributed by atoms with Gasteiger partial charge in [0, 0.05) is 25.6 Å². The van der Waals surface area contributed by atoms with Gasteiger partial charge in [0.2, 0.25) is 0 Å². The fourth-order valence-electron chi connectivity index (χ4n) is 1.83. The van der Waals surface area contributed by atoms with Crippen LogP contribution in [0.5, 0.6) is 5.75 Å². The molecule has 0 saturated carbocycles. The number of rotatable bonds is 5. The zero-order valence-corrected chi connectivity index (χ0v) is 12.1. The highest BCUT2D eigenvalue weighted by Gasteiger charge is 2.21. The van der Waals surface area contributed by atoms with Crippen molar-refractivity contribution in [2.45, 2.75) is 39.2 Å². The number of hydrogen-bond acceptors (Lipinski definition) is 4. The minimum atomic E-state index is -0.125. The molecule has 4 nitrogen and oxygen atoms in total. The maximum atomic E-state index is 12.1. The summed E-state index contributed by atoms with van der Waals surface area (Å²) in [6.45, 7) is 6.73. The normalized spacial score (nSPS) is 11.6. The molecular weight excluding hydrogens is 242 g/mol. The number of aromatic hydroxyl groups is 1. The van der Waals surface area contributed by atoms with Crippen molar-refractivity contribution in [3.05, 3.63) is 28.8 Å². The first-order valence-electron chi connectivity index (χ1n) is 6.39. The van der Waals surface area contributed by atoms with Crippen molar-refractivity contribution in [1.29, 1.82) is 0 Å². The Bertz CT molecular complexity index is 461. The van der Waals surface area contributed by atoms with Crippen LogP contribution in [0.25, 0.3) is 0 Å². The van der Waals surface area contributed by atoms with Crippen LogP contribution in [0, 0.1) is 0 Å². The van der Waals surface area contributed by atoms with Gasteiger partial charge in [-0.25, -0.2) is 0 Å². The summed E-state index contributed by atoms with van der Waals surface area (Å²) >= 11 is 0. The predicted molar refractivity (Wildman–Crippen MR) is 75.5 cm³/mol. The Hall–Kier alpha value is -1.39. The smallest absolute Gasteiger partial charge is 0.168 e. The first-order chi connectivity index (χ1) is 8.81. The van der Waals surface area contributed by atoms with E-state index in [9.17, 15) is 9.90 Å². The van der Waals surface area contributed by atoms with E-state index in [1.54, 1.807) is 13.2 Å². The van der Waals surface area contributed by atoms with Crippen LogP contribution >= 0.6 is 0 Å². The summed E-state index contributed by atoms with van der Waals surface area (Å²) in [5, 5.41) is 10.1. The second-order valence-corrected chi connectivity index (χ2v) is 5.65. The number of benzene rings is 1. The quantitative estimate of drug-likeness (QED) is 0.802. The number of phenols is 1. The van der Waals surface area contributed by atoms with Crippen molar-refractivity contribution in [2.75, 3.05) is 13.7 Å². The van der Waals surface area contributed by atoms with E-state index < -0.39 is 0 Å². The van der Waals surface area contributed by atoms with E-state index in [4.69, 9.17) is 10.5 Å². The molecule has 0 saturated heterocycles. The maximum absolute atomic E-state index is 12.1. The van der Waals surface area contributed by atoms with Gasteiger partial charge in [-0.15, -0.1) is 0 Å². The highest BCUT2D eigenvalue weighted by molar-refractivity contribution is 5.99. The second kappa shape index (κ2) is 6.17. The summed E-state index contributed by atoms with van der Waals surface area (Å²) in [6.07, 6.45) is 0.252. The molecule has 0 bridgehead atoms. The van der Waals surface area contributed by atoms with Gasteiger partial charge in [0.1, 0.15) is 5.75 Å². The molecule has 4 heteroatoms. The van der Waals surface area contributed by atoms with Gasteiger partial charge in [-0.1, -0.05) is 26.8 Å². The predicted octanol–water partition coefficient (Wildman–Crippen LogP) is 2.37. The summed E-state index contributed by atoms with van der Waals surface area (Å²) < 4.78 is 4.90. The van der Waals surface area contributed by atoms with Crippen molar-refractivity contribution in [1.82, 2.24) is 0 Å². The van der Waals surface area contributed by atoms with Crippen LogP contribution in [0.3, 0.4) is 0 Å². The van der Waals surface area contributed by atoms with Crippen LogP contribution in [0.2, 0.25) is 0 Å². The molecule has 0 aliphatic carbocycles. The molecule has 1 rings (SSSR count). The summed E-state index contributed by atoms with van der Waals surface area (Å²) in [5.41, 5.74) is 7.47. The van der Waals surface area contributed by atoms with Gasteiger partial charge in [0.25, 0.3) is 0 Å². The number of nitrogens with two attached hydrogens (primary N) is 1. The molecule has 0 aromatic heterocycles. The lowest BCUT2D eigenvalue weighted by Gasteiger charge is -2.22. The van der Waals surface area contributed by atoms with Gasteiger partial charge >= 0.3 is 0 Å². The minimum absolute atomic E-state index is 0.00315. The molecule has 0 unspecified atom stereocenters. The number of carbonyl (C=O) groups excluding carboxylic acids is 1. The third-order valence-electron chi connectivity index (χ3n) is 3.11. The minimum Gasteiger partial charge on any atom is -0.507 e. The van der Waals surface area contributed by atoms with Crippen molar-refractivity contribution in [3.63, 3.8) is 0 Å². The lowest BCUT2D eigenvalue weighted by atomic mass is 9.84. The Morgan fingerprint density at radius 2 is 2.00 bits per heavy atom. The van der Waals surface area contributed by atoms with Crippen LogP contribution in [-0.2, 0) is 16.7 Å². The van der Waals surface area contributed by atoms with E-state index >= 15 is 0 Å². The first kappa shape index (κ1) is 15.7. The molecule has 0 aliphatic rings. The Labute approximate surface area is 114 Å². The summed E-state index contributed by atoms with van der Waals surface area (Å²) in [4.78, 5) is 12.1. The molecule has 0 radical (unpaired) electrons. The maximum Gasteiger partial charge on any atom is 0.168 e. The average Bonchev–Trinajstić information content (AvgIpc) is 2.34. The van der Waals surface area contributed by atoms with E-state index in [0.717, 1.165) is 5.56 Å². The van der Waals surface area contributed by atoms with Gasteiger partial charge in [-0.05, 0) is 17.0 Å². The van der Waals surface area contributed by atoms with E-state index in [1.165, 1.54) is 0 Å². The molecule has 1 aromatic carbocycles. The van der Waals surface area contributed by atoms with E-state index in [-0.39, 0.29) is 29.9 Å². The van der Waals surface area contributed by atoms with E-state index in [2.05, 4.69) is 20.8 Å². The summed E-state index contributed by atoms with van der Waals surface area (Å²) in [6, 6.07) is 3.62. The first-order valence-corrected chi connectivity index (χ1v) is 6.39. The molecule has 0 aliphatic heterocycles. The monoisotopic (exact) mass is 265 g/mol. The van der Waals surface area contributed by atoms with Crippen LogP contribution in [0.15, 0.2) is 12.1 Å². The molecule has 106 valence electrons. The molecule has 0 spiro atoms. The molecule has 0 heterocycles. The molecule has 0 amide bonds. The number of hydrogen-bond donors (Lipinski definition) is 2. The number of methoxy groups -OCH3 is 1. The topological polar surface area (TPSA) is 72.5 Å². The van der Waals surface area contributed by atoms with Crippen molar-refractivity contribution >= 4 is 5.78 Å². The molecular formula is C15H23NO3. The Morgan fingerprint density at radius 3 is 2.47 bits per heavy atom. The molecule has 3 N–H and O–H groups in total. The number of ketones is 1. The number of phenolic OH excluding ortho intramolecular Hbond substituents is 1. The fraction of sp³-hybridized carbons (Fsp3) is 0.533. The van der Waals surface area contributed by atoms with Crippen LogP contribution in [0.1, 0.15) is 48.7 Å². The summed E-state index contributed by atoms with van der Waals surface area (Å²) in [7, 11) is 1.55. The third-order valence-corrected chi connectivity index (χ3v) is 3.11. The van der Waals surface area contributed by atoms with Crippen molar-refractivity contribution in [3.8, 4) is 5.75 Å². The fourth-order valence-corrected chi connectivity index (χ4v) is 1.83. The highest BCUT2D eigenvalue weighted by atomic mass is 16.5. The van der Waals surface area contributed by atoms with Gasteiger partial charge in [-0.3, -0.25) is 4.79 Å². The lowest BCUT2D eigenvalue weighted by Crippen LogP contribution is -2.15. The van der Waals surface area contributed by atoms with Crippen molar-refractivity contribution < 1.29 is 14.6 Å². The van der Waals surface area contributed by atoms with Crippen LogP contribution in [-0.4, -0.2) is 24.6 Å². The Kier molecular flexibility index (Phi) is 5.09. The SMILES string of the molecule is COCCC(=O)c1cc(C(C)(C)C)cc(CN)c1O.